The van der Waals surface area contributed by atoms with Crippen molar-refractivity contribution in [1.82, 2.24) is 5.32 Å². The highest BCUT2D eigenvalue weighted by Crippen LogP contribution is 2.36. The van der Waals surface area contributed by atoms with Gasteiger partial charge in [0.05, 0.1) is 17.2 Å². The molecule has 0 radical (unpaired) electrons. The highest BCUT2D eigenvalue weighted by Gasteiger charge is 2.24. The minimum atomic E-state index is -0.820. The summed E-state index contributed by atoms with van der Waals surface area (Å²) in [5.74, 6) is -1.56. The SMILES string of the molecule is Cc1cc(=O)oc2cc(OC(=O)CNC3N=C(c4ccc(F)cc4)C=C(c4ccc(Cl)cc4)S3)c([N+](=O)[O-])cc12. The van der Waals surface area contributed by atoms with Gasteiger partial charge in [-0.1, -0.05) is 35.5 Å². The van der Waals surface area contributed by atoms with Crippen LogP contribution in [0.5, 0.6) is 5.75 Å². The Balaban J connectivity index is 1.37. The lowest BCUT2D eigenvalue weighted by Gasteiger charge is -2.22. The first-order valence-corrected chi connectivity index (χ1v) is 13.1. The van der Waals surface area contributed by atoms with Crippen molar-refractivity contribution in [3.05, 3.63) is 121 Å². The van der Waals surface area contributed by atoms with Gasteiger partial charge in [0.2, 0.25) is 5.75 Å². The van der Waals surface area contributed by atoms with Crippen LogP contribution in [0.4, 0.5) is 10.1 Å². The molecule has 0 saturated carbocycles. The zero-order chi connectivity index (χ0) is 28.4. The van der Waals surface area contributed by atoms with Crippen molar-refractivity contribution < 1.29 is 23.3 Å². The number of rotatable bonds is 7. The van der Waals surface area contributed by atoms with E-state index in [1.54, 1.807) is 31.2 Å². The molecule has 4 aromatic rings. The van der Waals surface area contributed by atoms with Crippen LogP contribution in [-0.4, -0.2) is 28.6 Å². The molecule has 1 unspecified atom stereocenters. The van der Waals surface area contributed by atoms with Gasteiger partial charge in [0.25, 0.3) is 0 Å². The summed E-state index contributed by atoms with van der Waals surface area (Å²) < 4.78 is 23.9. The molecular formula is C28H19ClFN3O6S. The van der Waals surface area contributed by atoms with Gasteiger partial charge in [-0.2, -0.15) is 0 Å². The Labute approximate surface area is 235 Å². The van der Waals surface area contributed by atoms with Crippen molar-refractivity contribution in [3.8, 4) is 5.75 Å². The number of nitrogens with one attached hydrogen (secondary N) is 1. The summed E-state index contributed by atoms with van der Waals surface area (Å²) in [6, 6.07) is 16.6. The van der Waals surface area contributed by atoms with Crippen LogP contribution in [0.2, 0.25) is 5.02 Å². The zero-order valence-electron chi connectivity index (χ0n) is 20.7. The number of hydrogen-bond donors (Lipinski definition) is 1. The number of nitrogens with zero attached hydrogens (tertiary/aromatic N) is 2. The summed E-state index contributed by atoms with van der Waals surface area (Å²) in [4.78, 5) is 41.0. The second-order valence-corrected chi connectivity index (χ2v) is 10.2. The Hall–Kier alpha value is -4.32. The maximum Gasteiger partial charge on any atom is 0.336 e. The number of hydrogen-bond acceptors (Lipinski definition) is 9. The van der Waals surface area contributed by atoms with Gasteiger partial charge in [0.1, 0.15) is 11.4 Å². The van der Waals surface area contributed by atoms with Crippen LogP contribution in [0.15, 0.2) is 87.0 Å². The number of fused-ring (bicyclic) bond motifs is 1. The topological polar surface area (TPSA) is 124 Å². The first-order valence-electron chi connectivity index (χ1n) is 11.8. The van der Waals surface area contributed by atoms with Crippen LogP contribution in [0.1, 0.15) is 16.7 Å². The highest BCUT2D eigenvalue weighted by molar-refractivity contribution is 8.08. The van der Waals surface area contributed by atoms with Gasteiger partial charge in [0, 0.05) is 39.1 Å². The second-order valence-electron chi connectivity index (χ2n) is 8.68. The van der Waals surface area contributed by atoms with Crippen LogP contribution in [-0.2, 0) is 4.79 Å². The molecule has 0 bridgehead atoms. The molecule has 1 N–H and O–H groups in total. The number of allylic oxidation sites excluding steroid dienone is 1. The lowest BCUT2D eigenvalue weighted by molar-refractivity contribution is -0.385. The molecule has 0 spiro atoms. The Morgan fingerprint density at radius 2 is 1.85 bits per heavy atom. The normalized spacial score (nSPS) is 14.9. The van der Waals surface area contributed by atoms with E-state index in [2.05, 4.69) is 10.3 Å². The summed E-state index contributed by atoms with van der Waals surface area (Å²) in [7, 11) is 0. The van der Waals surface area contributed by atoms with Gasteiger partial charge in [-0.15, -0.1) is 0 Å². The van der Waals surface area contributed by atoms with Crippen LogP contribution in [0.25, 0.3) is 15.9 Å². The summed E-state index contributed by atoms with van der Waals surface area (Å²) in [5, 5.41) is 15.6. The van der Waals surface area contributed by atoms with E-state index in [0.717, 1.165) is 16.5 Å². The van der Waals surface area contributed by atoms with E-state index in [-0.39, 0.29) is 23.7 Å². The molecule has 0 amide bonds. The number of benzene rings is 3. The third-order valence-corrected chi connectivity index (χ3v) is 7.26. The molecule has 5 rings (SSSR count). The fourth-order valence-corrected chi connectivity index (χ4v) is 5.14. The molecular weight excluding hydrogens is 561 g/mol. The first-order chi connectivity index (χ1) is 19.2. The molecule has 0 saturated heterocycles. The van der Waals surface area contributed by atoms with Gasteiger partial charge in [-0.3, -0.25) is 25.2 Å². The first kappa shape index (κ1) is 27.3. The number of nitro benzene ring substituents is 1. The molecule has 1 aromatic heterocycles. The minimum absolute atomic E-state index is 0.0560. The highest BCUT2D eigenvalue weighted by atomic mass is 35.5. The van der Waals surface area contributed by atoms with Crippen molar-refractivity contribution in [3.63, 3.8) is 0 Å². The summed E-state index contributed by atoms with van der Waals surface area (Å²) in [5.41, 5.74) is 0.914. The Morgan fingerprint density at radius 3 is 2.55 bits per heavy atom. The molecule has 202 valence electrons. The van der Waals surface area contributed by atoms with Crippen molar-refractivity contribution in [2.24, 2.45) is 4.99 Å². The van der Waals surface area contributed by atoms with Crippen molar-refractivity contribution in [1.29, 1.82) is 0 Å². The number of thioether (sulfide) groups is 1. The fourth-order valence-electron chi connectivity index (χ4n) is 3.99. The number of aliphatic imine (C=N–C) groups is 1. The molecule has 2 heterocycles. The number of carbonyl (C=O) groups is 1. The third kappa shape index (κ3) is 6.12. The number of esters is 1. The predicted molar refractivity (Wildman–Crippen MR) is 151 cm³/mol. The minimum Gasteiger partial charge on any atom is -0.423 e. The van der Waals surface area contributed by atoms with E-state index in [4.69, 9.17) is 20.8 Å². The lowest BCUT2D eigenvalue weighted by atomic mass is 10.1. The van der Waals surface area contributed by atoms with Crippen LogP contribution in [0.3, 0.4) is 0 Å². The van der Waals surface area contributed by atoms with Crippen LogP contribution in [0, 0.1) is 22.9 Å². The van der Waals surface area contributed by atoms with E-state index in [0.29, 0.717) is 27.2 Å². The Morgan fingerprint density at radius 1 is 1.15 bits per heavy atom. The number of carbonyl (C=O) groups excluding carboxylic acids is 1. The zero-order valence-corrected chi connectivity index (χ0v) is 22.3. The van der Waals surface area contributed by atoms with Gasteiger partial charge in [0.15, 0.2) is 5.50 Å². The van der Waals surface area contributed by atoms with Crippen LogP contribution >= 0.6 is 23.4 Å². The van der Waals surface area contributed by atoms with E-state index < -0.39 is 27.7 Å². The largest absolute Gasteiger partial charge is 0.423 e. The molecule has 0 aliphatic carbocycles. The standard InChI is InChI=1S/C28H19ClFN3O6S/c1-15-10-26(34)38-23-13-24(22(33(36)37)11-20(15)23)39-27(35)14-31-28-32-21(16-4-8-19(30)9-5-16)12-25(40-28)17-2-6-18(29)7-3-17/h2-13,28,31H,14H2,1H3. The molecule has 0 fully saturated rings. The summed E-state index contributed by atoms with van der Waals surface area (Å²) in [6.45, 7) is 1.27. The van der Waals surface area contributed by atoms with Crippen molar-refractivity contribution in [2.45, 2.75) is 12.4 Å². The van der Waals surface area contributed by atoms with Crippen molar-refractivity contribution in [2.75, 3.05) is 6.54 Å². The quantitative estimate of drug-likeness (QED) is 0.0949. The number of nitro groups is 1. The molecule has 1 aliphatic rings. The smallest absolute Gasteiger partial charge is 0.336 e. The monoisotopic (exact) mass is 579 g/mol. The third-order valence-electron chi connectivity index (χ3n) is 5.90. The molecule has 1 atom stereocenters. The molecule has 9 nitrogen and oxygen atoms in total. The molecule has 3 aromatic carbocycles. The van der Waals surface area contributed by atoms with Gasteiger partial charge in [-0.25, -0.2) is 9.18 Å². The fraction of sp³-hybridized carbons (Fsp3) is 0.107. The maximum atomic E-state index is 13.5. The van der Waals surface area contributed by atoms with E-state index in [9.17, 15) is 24.1 Å². The van der Waals surface area contributed by atoms with E-state index >= 15 is 0 Å². The predicted octanol–water partition coefficient (Wildman–Crippen LogP) is 5.86. The summed E-state index contributed by atoms with van der Waals surface area (Å²) in [6.07, 6.45) is 1.85. The average molecular weight is 580 g/mol. The van der Waals surface area contributed by atoms with Crippen LogP contribution < -0.4 is 15.7 Å². The maximum absolute atomic E-state index is 13.5. The van der Waals surface area contributed by atoms with E-state index in [1.165, 1.54) is 36.0 Å². The number of ether oxygens (including phenoxy) is 1. The van der Waals surface area contributed by atoms with Gasteiger partial charge in [-0.05, 0) is 60.5 Å². The summed E-state index contributed by atoms with van der Waals surface area (Å²) >= 11 is 7.37. The Kier molecular flexibility index (Phi) is 7.78. The number of halogens is 2. The molecule has 40 heavy (non-hydrogen) atoms. The van der Waals surface area contributed by atoms with Gasteiger partial charge < -0.3 is 9.15 Å². The lowest BCUT2D eigenvalue weighted by Crippen LogP contribution is -2.34. The average Bonchev–Trinajstić information content (AvgIpc) is 2.92. The van der Waals surface area contributed by atoms with E-state index in [1.807, 2.05) is 18.2 Å². The number of aryl methyl sites for hydroxylation is 1. The molecule has 12 heteroatoms. The van der Waals surface area contributed by atoms with Crippen molar-refractivity contribution >= 4 is 56.6 Å². The van der Waals surface area contributed by atoms with Gasteiger partial charge >= 0.3 is 17.3 Å². The second kappa shape index (κ2) is 11.4. The Bertz CT molecular complexity index is 1750. The molecule has 1 aliphatic heterocycles.